The molecule has 0 bridgehead atoms. The van der Waals surface area contributed by atoms with Crippen LogP contribution in [0.4, 0.5) is 4.79 Å². The lowest BCUT2D eigenvalue weighted by molar-refractivity contribution is -0.141. The molecule has 0 N–H and O–H groups in total. The molecule has 0 aliphatic rings. The van der Waals surface area contributed by atoms with E-state index < -0.39 is 30.1 Å². The molecule has 0 saturated carbocycles. The van der Waals surface area contributed by atoms with Gasteiger partial charge in [0.2, 0.25) is 0 Å². The Kier molecular flexibility index (Phi) is 6.12. The van der Waals surface area contributed by atoms with Gasteiger partial charge >= 0.3 is 12.1 Å². The molecule has 0 aliphatic heterocycles. The van der Waals surface area contributed by atoms with Crippen molar-refractivity contribution in [3.8, 4) is 5.75 Å². The van der Waals surface area contributed by atoms with Crippen molar-refractivity contribution in [2.75, 3.05) is 20.8 Å². The minimum atomic E-state index is -0.913. The van der Waals surface area contributed by atoms with E-state index in [2.05, 4.69) is 4.74 Å². The fourth-order valence-corrected chi connectivity index (χ4v) is 1.62. The van der Waals surface area contributed by atoms with Crippen molar-refractivity contribution < 1.29 is 28.6 Å². The molecule has 1 aromatic carbocycles. The Bertz CT molecular complexity index is 573. The normalized spacial score (nSPS) is 10.7. The number of hydrogen-bond donors (Lipinski definition) is 0. The molecular formula is C16H21NO6. The van der Waals surface area contributed by atoms with Crippen LogP contribution in [0, 0.1) is 0 Å². The molecule has 0 aromatic heterocycles. The van der Waals surface area contributed by atoms with Crippen LogP contribution < -0.4 is 4.74 Å². The Labute approximate surface area is 135 Å². The predicted molar refractivity (Wildman–Crippen MR) is 82.3 cm³/mol. The van der Waals surface area contributed by atoms with Gasteiger partial charge in [0.25, 0.3) is 5.91 Å². The number of nitrogens with zero attached hydrogens (tertiary/aromatic N) is 1. The van der Waals surface area contributed by atoms with Gasteiger partial charge < -0.3 is 14.2 Å². The van der Waals surface area contributed by atoms with E-state index in [1.807, 2.05) is 0 Å². The molecule has 126 valence electrons. The smallest absolute Gasteiger partial charge is 0.417 e. The third-order valence-electron chi connectivity index (χ3n) is 2.71. The van der Waals surface area contributed by atoms with Crippen molar-refractivity contribution in [3.05, 3.63) is 29.8 Å². The lowest BCUT2D eigenvalue weighted by atomic mass is 10.2. The number of carbonyl (C=O) groups is 3. The van der Waals surface area contributed by atoms with Crippen molar-refractivity contribution >= 4 is 18.0 Å². The van der Waals surface area contributed by atoms with Crippen molar-refractivity contribution in [1.29, 1.82) is 0 Å². The van der Waals surface area contributed by atoms with E-state index in [0.717, 1.165) is 0 Å². The third kappa shape index (κ3) is 5.61. The number of carbonyl (C=O) groups excluding carboxylic acids is 3. The van der Waals surface area contributed by atoms with E-state index in [9.17, 15) is 14.4 Å². The van der Waals surface area contributed by atoms with E-state index >= 15 is 0 Å². The summed E-state index contributed by atoms with van der Waals surface area (Å²) in [4.78, 5) is 36.9. The van der Waals surface area contributed by atoms with Crippen molar-refractivity contribution in [1.82, 2.24) is 4.90 Å². The molecule has 7 nitrogen and oxygen atoms in total. The Morgan fingerprint density at radius 3 is 2.04 bits per heavy atom. The van der Waals surface area contributed by atoms with Gasteiger partial charge in [-0.1, -0.05) is 0 Å². The zero-order chi connectivity index (χ0) is 17.6. The number of ether oxygens (including phenoxy) is 3. The summed E-state index contributed by atoms with van der Waals surface area (Å²) in [6, 6.07) is 6.16. The molecule has 23 heavy (non-hydrogen) atoms. The van der Waals surface area contributed by atoms with Crippen LogP contribution in [-0.4, -0.2) is 49.2 Å². The van der Waals surface area contributed by atoms with Crippen LogP contribution in [0.2, 0.25) is 0 Å². The number of amides is 2. The first-order chi connectivity index (χ1) is 10.7. The van der Waals surface area contributed by atoms with E-state index in [-0.39, 0.29) is 5.56 Å². The maximum absolute atomic E-state index is 12.5. The second-order valence-electron chi connectivity index (χ2n) is 5.68. The van der Waals surface area contributed by atoms with Gasteiger partial charge in [0.1, 0.15) is 17.9 Å². The quantitative estimate of drug-likeness (QED) is 0.790. The number of benzene rings is 1. The molecular weight excluding hydrogens is 302 g/mol. The highest BCUT2D eigenvalue weighted by Gasteiger charge is 2.30. The van der Waals surface area contributed by atoms with Gasteiger partial charge in [0.15, 0.2) is 0 Å². The highest BCUT2D eigenvalue weighted by Crippen LogP contribution is 2.16. The third-order valence-corrected chi connectivity index (χ3v) is 2.71. The Morgan fingerprint density at radius 1 is 1.04 bits per heavy atom. The van der Waals surface area contributed by atoms with Gasteiger partial charge in [0, 0.05) is 5.56 Å². The second-order valence-corrected chi connectivity index (χ2v) is 5.68. The van der Waals surface area contributed by atoms with E-state index in [1.54, 1.807) is 32.9 Å². The lowest BCUT2D eigenvalue weighted by Gasteiger charge is -2.25. The molecule has 0 radical (unpaired) electrons. The average molecular weight is 323 g/mol. The van der Waals surface area contributed by atoms with Crippen molar-refractivity contribution in [2.24, 2.45) is 0 Å². The number of methoxy groups -OCH3 is 2. The van der Waals surface area contributed by atoms with Crippen LogP contribution >= 0.6 is 0 Å². The molecule has 0 fully saturated rings. The van der Waals surface area contributed by atoms with Gasteiger partial charge in [-0.15, -0.1) is 0 Å². The summed E-state index contributed by atoms with van der Waals surface area (Å²) in [5.41, 5.74) is -0.577. The highest BCUT2D eigenvalue weighted by molar-refractivity contribution is 6.04. The molecule has 0 aliphatic carbocycles. The average Bonchev–Trinajstić information content (AvgIpc) is 2.50. The Balaban J connectivity index is 3.03. The first-order valence-electron chi connectivity index (χ1n) is 6.93. The first-order valence-corrected chi connectivity index (χ1v) is 6.93. The van der Waals surface area contributed by atoms with Crippen LogP contribution in [0.15, 0.2) is 24.3 Å². The van der Waals surface area contributed by atoms with Gasteiger partial charge in [0.05, 0.1) is 14.2 Å². The summed E-state index contributed by atoms with van der Waals surface area (Å²) >= 11 is 0. The summed E-state index contributed by atoms with van der Waals surface area (Å²) in [5.74, 6) is -0.816. The summed E-state index contributed by atoms with van der Waals surface area (Å²) in [5, 5.41) is 0. The van der Waals surface area contributed by atoms with Gasteiger partial charge in [-0.3, -0.25) is 9.59 Å². The molecule has 0 spiro atoms. The van der Waals surface area contributed by atoms with Crippen LogP contribution in [0.1, 0.15) is 31.1 Å². The maximum atomic E-state index is 12.5. The maximum Gasteiger partial charge on any atom is 0.417 e. The second kappa shape index (κ2) is 7.62. The molecule has 0 unspecified atom stereocenters. The minimum absolute atomic E-state index is 0.223. The Morgan fingerprint density at radius 2 is 1.61 bits per heavy atom. The number of imide groups is 1. The van der Waals surface area contributed by atoms with Gasteiger partial charge in [-0.05, 0) is 45.0 Å². The molecule has 7 heteroatoms. The van der Waals surface area contributed by atoms with Crippen LogP contribution in [0.5, 0.6) is 5.75 Å². The predicted octanol–water partition coefficient (Wildman–Crippen LogP) is 2.25. The summed E-state index contributed by atoms with van der Waals surface area (Å²) in [6.07, 6.45) is -0.913. The fraction of sp³-hybridized carbons (Fsp3) is 0.438. The van der Waals surface area contributed by atoms with Crippen molar-refractivity contribution in [2.45, 2.75) is 26.4 Å². The van der Waals surface area contributed by atoms with E-state index in [4.69, 9.17) is 9.47 Å². The topological polar surface area (TPSA) is 82.1 Å². The summed E-state index contributed by atoms with van der Waals surface area (Å²) in [6.45, 7) is 4.47. The summed E-state index contributed by atoms with van der Waals surface area (Å²) < 4.78 is 14.7. The van der Waals surface area contributed by atoms with E-state index in [1.165, 1.54) is 26.4 Å². The first kappa shape index (κ1) is 18.5. The molecule has 1 rings (SSSR count). The molecule has 0 atom stereocenters. The van der Waals surface area contributed by atoms with Crippen molar-refractivity contribution in [3.63, 3.8) is 0 Å². The number of rotatable bonds is 4. The highest BCUT2D eigenvalue weighted by atomic mass is 16.6. The minimum Gasteiger partial charge on any atom is -0.497 e. The van der Waals surface area contributed by atoms with Crippen LogP contribution in [-0.2, 0) is 14.3 Å². The van der Waals surface area contributed by atoms with Crippen LogP contribution in [0.25, 0.3) is 0 Å². The van der Waals surface area contributed by atoms with Gasteiger partial charge in [-0.2, -0.15) is 0 Å². The largest absolute Gasteiger partial charge is 0.497 e. The number of hydrogen-bond acceptors (Lipinski definition) is 6. The monoisotopic (exact) mass is 323 g/mol. The molecule has 0 saturated heterocycles. The Hall–Kier alpha value is -2.57. The zero-order valence-electron chi connectivity index (χ0n) is 13.9. The SMILES string of the molecule is COC(=O)CN(C(=O)OC(C)(C)C)C(=O)c1ccc(OC)cc1. The zero-order valence-corrected chi connectivity index (χ0v) is 13.9. The van der Waals surface area contributed by atoms with Gasteiger partial charge in [-0.25, -0.2) is 9.69 Å². The molecule has 2 amide bonds. The lowest BCUT2D eigenvalue weighted by Crippen LogP contribution is -2.43. The van der Waals surface area contributed by atoms with Crippen LogP contribution in [0.3, 0.4) is 0 Å². The number of esters is 1. The molecule has 0 heterocycles. The summed E-state index contributed by atoms with van der Waals surface area (Å²) in [7, 11) is 2.68. The van der Waals surface area contributed by atoms with E-state index in [0.29, 0.717) is 10.6 Å². The standard InChI is InChI=1S/C16H21NO6/c1-16(2,3)23-15(20)17(10-13(18)22-5)14(19)11-6-8-12(21-4)9-7-11/h6-9H,10H2,1-5H3. The fourth-order valence-electron chi connectivity index (χ4n) is 1.62. The molecule has 1 aromatic rings.